The Balaban J connectivity index is 2.65. The van der Waals surface area contributed by atoms with Crippen LogP contribution in [0.3, 0.4) is 0 Å². The van der Waals surface area contributed by atoms with Gasteiger partial charge in [-0.05, 0) is 31.0 Å². The van der Waals surface area contributed by atoms with Crippen LogP contribution < -0.4 is 5.32 Å². The van der Waals surface area contributed by atoms with Crippen LogP contribution in [0, 0.1) is 25.5 Å². The molecule has 0 spiro atoms. The third kappa shape index (κ3) is 2.03. The van der Waals surface area contributed by atoms with Crippen molar-refractivity contribution >= 4 is 5.95 Å². The van der Waals surface area contributed by atoms with E-state index in [0.29, 0.717) is 17.2 Å². The minimum Gasteiger partial charge on any atom is -0.357 e. The molecule has 2 rings (SSSR count). The summed E-state index contributed by atoms with van der Waals surface area (Å²) in [6, 6.07) is 3.07. The molecular weight excluding hydrogens is 236 g/mol. The van der Waals surface area contributed by atoms with Crippen LogP contribution in [0.15, 0.2) is 18.3 Å². The number of rotatable bonds is 2. The van der Waals surface area contributed by atoms with Crippen molar-refractivity contribution in [3.63, 3.8) is 0 Å². The molecule has 94 valence electrons. The molecule has 0 saturated heterocycles. The maximum Gasteiger partial charge on any atom is 0.222 e. The Labute approximate surface area is 104 Å². The number of halogens is 2. The lowest BCUT2D eigenvalue weighted by Crippen LogP contribution is -2.01. The number of aryl methyl sites for hydroxylation is 2. The van der Waals surface area contributed by atoms with Gasteiger partial charge in [0.05, 0.1) is 5.69 Å². The van der Waals surface area contributed by atoms with Crippen molar-refractivity contribution in [2.75, 3.05) is 12.4 Å². The third-order valence-electron chi connectivity index (χ3n) is 2.73. The van der Waals surface area contributed by atoms with E-state index in [0.717, 1.165) is 0 Å². The van der Waals surface area contributed by atoms with E-state index in [-0.39, 0.29) is 11.1 Å². The molecule has 0 amide bonds. The van der Waals surface area contributed by atoms with Crippen molar-refractivity contribution in [1.82, 2.24) is 9.97 Å². The first-order chi connectivity index (χ1) is 8.54. The second-order valence-electron chi connectivity index (χ2n) is 4.03. The Morgan fingerprint density at radius 1 is 1.06 bits per heavy atom. The summed E-state index contributed by atoms with van der Waals surface area (Å²) in [5.74, 6) is -1.34. The molecular formula is C13H13F2N3. The molecule has 18 heavy (non-hydrogen) atoms. The second-order valence-corrected chi connectivity index (χ2v) is 4.03. The Kier molecular flexibility index (Phi) is 3.23. The van der Waals surface area contributed by atoms with Gasteiger partial charge in [0.15, 0.2) is 11.6 Å². The van der Waals surface area contributed by atoms with Crippen molar-refractivity contribution in [3.8, 4) is 11.3 Å². The highest BCUT2D eigenvalue weighted by atomic mass is 19.2. The number of hydrogen-bond donors (Lipinski definition) is 1. The molecule has 0 fully saturated rings. The van der Waals surface area contributed by atoms with Crippen molar-refractivity contribution in [2.24, 2.45) is 0 Å². The predicted octanol–water partition coefficient (Wildman–Crippen LogP) is 3.08. The summed E-state index contributed by atoms with van der Waals surface area (Å²) in [5, 5.41) is 2.77. The van der Waals surface area contributed by atoms with E-state index < -0.39 is 11.6 Å². The van der Waals surface area contributed by atoms with Gasteiger partial charge in [-0.15, -0.1) is 0 Å². The lowest BCUT2D eigenvalue weighted by molar-refractivity contribution is 0.505. The first-order valence-electron chi connectivity index (χ1n) is 5.51. The number of nitrogens with one attached hydrogen (secondary N) is 1. The quantitative estimate of drug-likeness (QED) is 0.888. The van der Waals surface area contributed by atoms with Crippen LogP contribution in [0.5, 0.6) is 0 Å². The smallest absolute Gasteiger partial charge is 0.222 e. The van der Waals surface area contributed by atoms with Crippen LogP contribution in [-0.4, -0.2) is 17.0 Å². The third-order valence-corrected chi connectivity index (χ3v) is 2.73. The molecule has 0 aliphatic heterocycles. The van der Waals surface area contributed by atoms with E-state index in [9.17, 15) is 8.78 Å². The Morgan fingerprint density at radius 2 is 1.78 bits per heavy atom. The van der Waals surface area contributed by atoms with Crippen molar-refractivity contribution in [1.29, 1.82) is 0 Å². The monoisotopic (exact) mass is 249 g/mol. The van der Waals surface area contributed by atoms with Crippen LogP contribution in [-0.2, 0) is 0 Å². The van der Waals surface area contributed by atoms with E-state index >= 15 is 0 Å². The number of benzene rings is 1. The van der Waals surface area contributed by atoms with Crippen LogP contribution in [0.25, 0.3) is 11.3 Å². The highest BCUT2D eigenvalue weighted by molar-refractivity contribution is 5.65. The number of anilines is 1. The molecule has 0 radical (unpaired) electrons. The van der Waals surface area contributed by atoms with Gasteiger partial charge in [-0.1, -0.05) is 6.07 Å². The minimum absolute atomic E-state index is 0.148. The number of hydrogen-bond acceptors (Lipinski definition) is 3. The van der Waals surface area contributed by atoms with E-state index in [1.54, 1.807) is 20.2 Å². The van der Waals surface area contributed by atoms with Gasteiger partial charge >= 0.3 is 0 Å². The second kappa shape index (κ2) is 4.68. The average molecular weight is 249 g/mol. The molecule has 1 heterocycles. The van der Waals surface area contributed by atoms with Gasteiger partial charge in [0.2, 0.25) is 5.95 Å². The summed E-state index contributed by atoms with van der Waals surface area (Å²) in [6.45, 7) is 3.28. The zero-order valence-corrected chi connectivity index (χ0v) is 10.4. The van der Waals surface area contributed by atoms with Gasteiger partial charge < -0.3 is 5.32 Å². The van der Waals surface area contributed by atoms with E-state index in [2.05, 4.69) is 15.3 Å². The standard InChI is InChI=1S/C13H13F2N3/c1-7-4-5-9(11(15)10(7)14)12-8(2)6-17-13(16-3)18-12/h4-6H,1-3H3,(H,16,17,18). The van der Waals surface area contributed by atoms with E-state index in [1.165, 1.54) is 19.1 Å². The molecule has 5 heteroatoms. The zero-order chi connectivity index (χ0) is 13.3. The molecule has 1 aromatic carbocycles. The molecule has 0 atom stereocenters. The normalized spacial score (nSPS) is 10.5. The minimum atomic E-state index is -0.876. The Bertz CT molecular complexity index is 597. The first-order valence-corrected chi connectivity index (χ1v) is 5.51. The Morgan fingerprint density at radius 3 is 2.44 bits per heavy atom. The van der Waals surface area contributed by atoms with Crippen LogP contribution in [0.2, 0.25) is 0 Å². The van der Waals surface area contributed by atoms with Crippen LogP contribution in [0.1, 0.15) is 11.1 Å². The van der Waals surface area contributed by atoms with Crippen molar-refractivity contribution < 1.29 is 8.78 Å². The molecule has 0 bridgehead atoms. The topological polar surface area (TPSA) is 37.8 Å². The van der Waals surface area contributed by atoms with Gasteiger partial charge in [0.25, 0.3) is 0 Å². The lowest BCUT2D eigenvalue weighted by atomic mass is 10.0. The molecule has 3 nitrogen and oxygen atoms in total. The summed E-state index contributed by atoms with van der Waals surface area (Å²) in [5.41, 5.74) is 1.51. The van der Waals surface area contributed by atoms with Crippen LogP contribution in [0.4, 0.5) is 14.7 Å². The van der Waals surface area contributed by atoms with E-state index in [4.69, 9.17) is 0 Å². The highest BCUT2D eigenvalue weighted by Gasteiger charge is 2.15. The van der Waals surface area contributed by atoms with Gasteiger partial charge in [0.1, 0.15) is 0 Å². The summed E-state index contributed by atoms with van der Waals surface area (Å²) in [7, 11) is 1.67. The molecule has 0 aliphatic rings. The highest BCUT2D eigenvalue weighted by Crippen LogP contribution is 2.27. The summed E-state index contributed by atoms with van der Waals surface area (Å²) in [4.78, 5) is 8.18. The van der Waals surface area contributed by atoms with Crippen molar-refractivity contribution in [3.05, 3.63) is 41.1 Å². The number of nitrogens with zero attached hydrogens (tertiary/aromatic N) is 2. The SMILES string of the molecule is CNc1ncc(C)c(-c2ccc(C)c(F)c2F)n1. The molecule has 0 unspecified atom stereocenters. The van der Waals surface area contributed by atoms with Gasteiger partial charge in [0, 0.05) is 18.8 Å². The average Bonchev–Trinajstić information content (AvgIpc) is 2.37. The fraction of sp³-hybridized carbons (Fsp3) is 0.231. The van der Waals surface area contributed by atoms with Gasteiger partial charge in [-0.25, -0.2) is 18.7 Å². The van der Waals surface area contributed by atoms with Crippen molar-refractivity contribution in [2.45, 2.75) is 13.8 Å². The maximum absolute atomic E-state index is 13.9. The molecule has 0 saturated carbocycles. The molecule has 0 aliphatic carbocycles. The Hall–Kier alpha value is -2.04. The summed E-state index contributed by atoms with van der Waals surface area (Å²) >= 11 is 0. The fourth-order valence-electron chi connectivity index (χ4n) is 1.66. The van der Waals surface area contributed by atoms with E-state index in [1.807, 2.05) is 0 Å². The maximum atomic E-state index is 13.9. The summed E-state index contributed by atoms with van der Waals surface area (Å²) < 4.78 is 27.5. The van der Waals surface area contributed by atoms with Gasteiger partial charge in [-0.3, -0.25) is 0 Å². The molecule has 2 aromatic rings. The summed E-state index contributed by atoms with van der Waals surface area (Å²) in [6.07, 6.45) is 1.57. The fourth-order valence-corrected chi connectivity index (χ4v) is 1.66. The molecule has 1 aromatic heterocycles. The van der Waals surface area contributed by atoms with Gasteiger partial charge in [-0.2, -0.15) is 0 Å². The lowest BCUT2D eigenvalue weighted by Gasteiger charge is -2.09. The number of aromatic nitrogens is 2. The zero-order valence-electron chi connectivity index (χ0n) is 10.4. The molecule has 1 N–H and O–H groups in total. The predicted molar refractivity (Wildman–Crippen MR) is 66.4 cm³/mol. The van der Waals surface area contributed by atoms with Crippen LogP contribution >= 0.6 is 0 Å². The first kappa shape index (κ1) is 12.4. The largest absolute Gasteiger partial charge is 0.357 e.